The molecule has 0 saturated carbocycles. The predicted octanol–water partition coefficient (Wildman–Crippen LogP) is 3.07. The first kappa shape index (κ1) is 15.3. The van der Waals surface area contributed by atoms with Gasteiger partial charge in [0.2, 0.25) is 5.82 Å². The van der Waals surface area contributed by atoms with Crippen molar-refractivity contribution in [2.75, 3.05) is 6.61 Å². The second-order valence-corrected chi connectivity index (χ2v) is 6.00. The van der Waals surface area contributed by atoms with Crippen LogP contribution in [0.2, 0.25) is 0 Å². The van der Waals surface area contributed by atoms with Gasteiger partial charge in [-0.05, 0) is 18.4 Å². The van der Waals surface area contributed by atoms with E-state index in [1.807, 2.05) is 14.0 Å². The number of nitriles is 1. The van der Waals surface area contributed by atoms with E-state index in [2.05, 4.69) is 37.0 Å². The molecule has 6 nitrogen and oxygen atoms in total. The van der Waals surface area contributed by atoms with E-state index in [1.54, 1.807) is 16.8 Å². The SMILES string of the molecule is CCOC(c1noc(-c2cc(C#N)cn2C)n1)C(C)(C)C. The highest BCUT2D eigenvalue weighted by Crippen LogP contribution is 2.35. The van der Waals surface area contributed by atoms with Gasteiger partial charge in [-0.15, -0.1) is 0 Å². The zero-order chi connectivity index (χ0) is 15.6. The van der Waals surface area contributed by atoms with Crippen molar-refractivity contribution in [3.8, 4) is 17.7 Å². The van der Waals surface area contributed by atoms with Crippen molar-refractivity contribution >= 4 is 0 Å². The van der Waals surface area contributed by atoms with E-state index in [0.717, 1.165) is 5.69 Å². The summed E-state index contributed by atoms with van der Waals surface area (Å²) >= 11 is 0. The Labute approximate surface area is 124 Å². The second-order valence-electron chi connectivity index (χ2n) is 6.00. The molecule has 0 aliphatic heterocycles. The van der Waals surface area contributed by atoms with E-state index in [1.165, 1.54) is 0 Å². The largest absolute Gasteiger partial charge is 0.370 e. The maximum absolute atomic E-state index is 8.94. The average molecular weight is 288 g/mol. The highest BCUT2D eigenvalue weighted by molar-refractivity contribution is 5.52. The number of nitrogens with zero attached hydrogens (tertiary/aromatic N) is 4. The highest BCUT2D eigenvalue weighted by Gasteiger charge is 2.31. The minimum absolute atomic E-state index is 0.136. The third kappa shape index (κ3) is 3.14. The molecule has 21 heavy (non-hydrogen) atoms. The van der Waals surface area contributed by atoms with Crippen LogP contribution in [0, 0.1) is 16.7 Å². The van der Waals surface area contributed by atoms with E-state index in [0.29, 0.717) is 23.9 Å². The van der Waals surface area contributed by atoms with Crippen LogP contribution < -0.4 is 0 Å². The van der Waals surface area contributed by atoms with E-state index in [9.17, 15) is 0 Å². The first-order valence-electron chi connectivity index (χ1n) is 6.89. The Bertz CT molecular complexity index is 658. The van der Waals surface area contributed by atoms with Crippen molar-refractivity contribution in [3.05, 3.63) is 23.7 Å². The summed E-state index contributed by atoms with van der Waals surface area (Å²) in [6.45, 7) is 8.73. The molecular formula is C15H20N4O2. The molecule has 2 aromatic rings. The van der Waals surface area contributed by atoms with Crippen LogP contribution in [0.4, 0.5) is 0 Å². The molecule has 0 fully saturated rings. The van der Waals surface area contributed by atoms with Crippen molar-refractivity contribution in [1.29, 1.82) is 5.26 Å². The summed E-state index contributed by atoms with van der Waals surface area (Å²) in [6.07, 6.45) is 1.49. The lowest BCUT2D eigenvalue weighted by atomic mass is 9.88. The Balaban J connectivity index is 2.36. The summed E-state index contributed by atoms with van der Waals surface area (Å²) in [5, 5.41) is 13.0. The minimum Gasteiger partial charge on any atom is -0.370 e. The standard InChI is InChI=1S/C15H20N4O2/c1-6-20-12(15(2,3)4)13-17-14(21-18-13)11-7-10(8-16)9-19(11)5/h7,9,12H,6H2,1-5H3. The molecule has 0 spiro atoms. The van der Waals surface area contributed by atoms with Gasteiger partial charge in [-0.2, -0.15) is 10.2 Å². The maximum atomic E-state index is 8.94. The number of hydrogen-bond acceptors (Lipinski definition) is 5. The van der Waals surface area contributed by atoms with Crippen molar-refractivity contribution in [1.82, 2.24) is 14.7 Å². The fraction of sp³-hybridized carbons (Fsp3) is 0.533. The molecule has 0 aliphatic carbocycles. The van der Waals surface area contributed by atoms with Crippen molar-refractivity contribution in [3.63, 3.8) is 0 Å². The molecule has 0 N–H and O–H groups in total. The van der Waals surface area contributed by atoms with Gasteiger partial charge >= 0.3 is 0 Å². The fourth-order valence-electron chi connectivity index (χ4n) is 2.16. The van der Waals surface area contributed by atoms with Gasteiger partial charge in [0, 0.05) is 19.9 Å². The monoisotopic (exact) mass is 288 g/mol. The van der Waals surface area contributed by atoms with Crippen LogP contribution in [0.15, 0.2) is 16.8 Å². The van der Waals surface area contributed by atoms with Crippen LogP contribution in [0.25, 0.3) is 11.6 Å². The molecule has 0 aromatic carbocycles. The Morgan fingerprint density at radius 3 is 2.71 bits per heavy atom. The Kier molecular flexibility index (Phi) is 4.14. The number of hydrogen-bond donors (Lipinski definition) is 0. The summed E-state index contributed by atoms with van der Waals surface area (Å²) in [6, 6.07) is 3.82. The highest BCUT2D eigenvalue weighted by atomic mass is 16.5. The van der Waals surface area contributed by atoms with Gasteiger partial charge < -0.3 is 13.8 Å². The first-order valence-corrected chi connectivity index (χ1v) is 6.89. The number of rotatable bonds is 4. The molecule has 0 saturated heterocycles. The lowest BCUT2D eigenvalue weighted by Crippen LogP contribution is -2.22. The quantitative estimate of drug-likeness (QED) is 0.864. The average Bonchev–Trinajstić information content (AvgIpc) is 3.00. The van der Waals surface area contributed by atoms with Crippen LogP contribution in [-0.4, -0.2) is 21.3 Å². The second kappa shape index (κ2) is 5.70. The normalized spacial score (nSPS) is 13.1. The summed E-state index contributed by atoms with van der Waals surface area (Å²) in [7, 11) is 1.84. The molecule has 1 atom stereocenters. The van der Waals surface area contributed by atoms with Crippen LogP contribution in [-0.2, 0) is 11.8 Å². The van der Waals surface area contributed by atoms with Crippen LogP contribution in [0.3, 0.4) is 0 Å². The zero-order valence-electron chi connectivity index (χ0n) is 13.0. The van der Waals surface area contributed by atoms with Gasteiger partial charge in [-0.1, -0.05) is 25.9 Å². The van der Waals surface area contributed by atoms with E-state index in [4.69, 9.17) is 14.5 Å². The van der Waals surface area contributed by atoms with Gasteiger partial charge in [0.25, 0.3) is 5.89 Å². The third-order valence-corrected chi connectivity index (χ3v) is 3.15. The number of aromatic nitrogens is 3. The molecule has 2 aromatic heterocycles. The molecule has 0 amide bonds. The molecule has 2 heterocycles. The summed E-state index contributed by atoms with van der Waals surface area (Å²) < 4.78 is 12.9. The fourth-order valence-corrected chi connectivity index (χ4v) is 2.16. The molecule has 2 rings (SSSR count). The van der Waals surface area contributed by atoms with E-state index < -0.39 is 0 Å². The summed E-state index contributed by atoms with van der Waals surface area (Å²) in [5.41, 5.74) is 1.14. The van der Waals surface area contributed by atoms with Gasteiger partial charge in [-0.3, -0.25) is 0 Å². The van der Waals surface area contributed by atoms with Gasteiger partial charge in [0.15, 0.2) is 0 Å². The van der Waals surface area contributed by atoms with Gasteiger partial charge in [-0.25, -0.2) is 0 Å². The molecule has 0 radical (unpaired) electrons. The predicted molar refractivity (Wildman–Crippen MR) is 77.2 cm³/mol. The Hall–Kier alpha value is -2.13. The van der Waals surface area contributed by atoms with Crippen LogP contribution in [0.5, 0.6) is 0 Å². The molecular weight excluding hydrogens is 268 g/mol. The van der Waals surface area contributed by atoms with Crippen LogP contribution in [0.1, 0.15) is 45.2 Å². The van der Waals surface area contributed by atoms with Crippen molar-refractivity contribution in [2.45, 2.75) is 33.8 Å². The van der Waals surface area contributed by atoms with E-state index in [-0.39, 0.29) is 11.5 Å². The number of aryl methyl sites for hydroxylation is 1. The summed E-state index contributed by atoms with van der Waals surface area (Å²) in [4.78, 5) is 4.44. The molecule has 1 unspecified atom stereocenters. The first-order chi connectivity index (χ1) is 9.86. The lowest BCUT2D eigenvalue weighted by Gasteiger charge is -2.27. The topological polar surface area (TPSA) is 76.9 Å². The summed E-state index contributed by atoms with van der Waals surface area (Å²) in [5.74, 6) is 0.919. The minimum atomic E-state index is -0.240. The Morgan fingerprint density at radius 1 is 1.48 bits per heavy atom. The molecule has 0 bridgehead atoms. The third-order valence-electron chi connectivity index (χ3n) is 3.15. The molecule has 0 aliphatic rings. The maximum Gasteiger partial charge on any atom is 0.274 e. The lowest BCUT2D eigenvalue weighted by molar-refractivity contribution is -0.0203. The van der Waals surface area contributed by atoms with Gasteiger partial charge in [0.05, 0.1) is 5.56 Å². The van der Waals surface area contributed by atoms with Crippen molar-refractivity contribution in [2.24, 2.45) is 12.5 Å². The van der Waals surface area contributed by atoms with Crippen molar-refractivity contribution < 1.29 is 9.26 Å². The van der Waals surface area contributed by atoms with Crippen LogP contribution >= 0.6 is 0 Å². The molecule has 112 valence electrons. The number of ether oxygens (including phenoxy) is 1. The smallest absolute Gasteiger partial charge is 0.274 e. The zero-order valence-corrected chi connectivity index (χ0v) is 13.0. The van der Waals surface area contributed by atoms with E-state index >= 15 is 0 Å². The molecule has 6 heteroatoms. The Morgan fingerprint density at radius 2 is 2.19 bits per heavy atom. The van der Waals surface area contributed by atoms with Gasteiger partial charge in [0.1, 0.15) is 17.9 Å².